The third-order valence-corrected chi connectivity index (χ3v) is 4.05. The molecule has 2 atom stereocenters. The number of aliphatic hydroxyl groups excluding tert-OH is 1. The van der Waals surface area contributed by atoms with E-state index in [1.54, 1.807) is 19.1 Å². The molecule has 6 N–H and O–H groups in total. The van der Waals surface area contributed by atoms with Crippen LogP contribution in [0, 0.1) is 0 Å². The molecular formula is C15H18NO6P. The van der Waals surface area contributed by atoms with Crippen molar-refractivity contribution in [3.8, 4) is 11.5 Å². The molecule has 2 rings (SSSR count). The first kappa shape index (κ1) is 17.3. The van der Waals surface area contributed by atoms with Crippen LogP contribution >= 0.6 is 7.75 Å². The van der Waals surface area contributed by atoms with Gasteiger partial charge in [0, 0.05) is 17.5 Å². The average Bonchev–Trinajstić information content (AvgIpc) is 2.45. The number of benzene rings is 2. The molecule has 0 saturated heterocycles. The van der Waals surface area contributed by atoms with Crippen molar-refractivity contribution in [3.63, 3.8) is 0 Å². The first-order valence-corrected chi connectivity index (χ1v) is 8.42. The van der Waals surface area contributed by atoms with Crippen molar-refractivity contribution in [2.45, 2.75) is 18.9 Å². The lowest BCUT2D eigenvalue weighted by Crippen LogP contribution is -2.10. The highest BCUT2D eigenvalue weighted by molar-refractivity contribution is 7.53. The molecule has 2 unspecified atom stereocenters. The number of hydrogen-bond acceptors (Lipinski definition) is 4. The molecule has 2 aromatic rings. The normalized spacial score (nSPS) is 14.3. The number of anilines is 1. The number of nitrogens with one attached hydrogen (secondary N) is 1. The Morgan fingerprint density at radius 1 is 1.00 bits per heavy atom. The molecular weight excluding hydrogens is 321 g/mol. The van der Waals surface area contributed by atoms with Crippen LogP contribution in [-0.4, -0.2) is 25.1 Å². The summed E-state index contributed by atoms with van der Waals surface area (Å²) >= 11 is 0. The Bertz CT molecular complexity index is 727. The van der Waals surface area contributed by atoms with Gasteiger partial charge in [-0.25, -0.2) is 4.57 Å². The molecule has 0 radical (unpaired) electrons. The molecule has 0 aliphatic heterocycles. The number of phenolic OH excluding ortho intramolecular Hbond substituents is 2. The molecule has 2 aromatic carbocycles. The van der Waals surface area contributed by atoms with Gasteiger partial charge in [0.25, 0.3) is 0 Å². The topological polar surface area (TPSA) is 130 Å². The molecule has 0 fully saturated rings. The Labute approximate surface area is 133 Å². The second kappa shape index (κ2) is 6.60. The zero-order chi connectivity index (χ0) is 17.2. The average molecular weight is 339 g/mol. The second-order valence-electron chi connectivity index (χ2n) is 5.25. The van der Waals surface area contributed by atoms with Crippen molar-refractivity contribution >= 4 is 13.4 Å². The minimum absolute atomic E-state index is 0.0449. The lowest BCUT2D eigenvalue weighted by atomic mass is 9.90. The van der Waals surface area contributed by atoms with E-state index in [0.717, 1.165) is 11.6 Å². The minimum atomic E-state index is -4.59. The fraction of sp³-hybridized carbons (Fsp3) is 0.200. The highest BCUT2D eigenvalue weighted by atomic mass is 31.2. The van der Waals surface area contributed by atoms with E-state index in [0.29, 0.717) is 0 Å². The first-order chi connectivity index (χ1) is 10.7. The van der Waals surface area contributed by atoms with Gasteiger partial charge in [0.15, 0.2) is 0 Å². The van der Waals surface area contributed by atoms with E-state index in [1.165, 1.54) is 24.3 Å². The van der Waals surface area contributed by atoms with E-state index >= 15 is 0 Å². The van der Waals surface area contributed by atoms with Crippen molar-refractivity contribution in [1.82, 2.24) is 0 Å². The van der Waals surface area contributed by atoms with Crippen LogP contribution in [0.5, 0.6) is 11.5 Å². The van der Waals surface area contributed by atoms with Crippen molar-refractivity contribution in [2.24, 2.45) is 0 Å². The largest absolute Gasteiger partial charge is 0.508 e. The molecule has 8 heteroatoms. The van der Waals surface area contributed by atoms with Gasteiger partial charge in [0.1, 0.15) is 11.5 Å². The highest BCUT2D eigenvalue weighted by Crippen LogP contribution is 2.42. The second-order valence-corrected chi connectivity index (χ2v) is 6.56. The third kappa shape index (κ3) is 4.46. The van der Waals surface area contributed by atoms with Crippen LogP contribution in [0.15, 0.2) is 42.5 Å². The smallest absolute Gasteiger partial charge is 0.427 e. The van der Waals surface area contributed by atoms with Crippen LogP contribution < -0.4 is 5.09 Å². The maximum atomic E-state index is 11.2. The molecule has 0 spiro atoms. The van der Waals surface area contributed by atoms with Crippen LogP contribution in [0.4, 0.5) is 5.69 Å². The number of aromatic hydroxyl groups is 2. The summed E-state index contributed by atoms with van der Waals surface area (Å²) in [5.74, 6) is -0.490. The molecule has 23 heavy (non-hydrogen) atoms. The van der Waals surface area contributed by atoms with Gasteiger partial charge in [-0.05, 0) is 23.8 Å². The summed E-state index contributed by atoms with van der Waals surface area (Å²) in [7, 11) is -4.59. The summed E-state index contributed by atoms with van der Waals surface area (Å²) in [5, 5.41) is 31.3. The predicted molar refractivity (Wildman–Crippen MR) is 85.3 cm³/mol. The van der Waals surface area contributed by atoms with Crippen molar-refractivity contribution in [2.75, 3.05) is 5.09 Å². The van der Waals surface area contributed by atoms with Gasteiger partial charge < -0.3 is 25.1 Å². The molecule has 0 bridgehead atoms. The minimum Gasteiger partial charge on any atom is -0.508 e. The fourth-order valence-corrected chi connectivity index (χ4v) is 2.79. The number of hydrogen-bond donors (Lipinski definition) is 6. The van der Waals surface area contributed by atoms with Crippen LogP contribution in [-0.2, 0) is 4.57 Å². The number of rotatable bonds is 5. The Morgan fingerprint density at radius 2 is 1.57 bits per heavy atom. The molecule has 0 aromatic heterocycles. The molecule has 0 saturated carbocycles. The van der Waals surface area contributed by atoms with E-state index in [9.17, 15) is 19.9 Å². The summed E-state index contributed by atoms with van der Waals surface area (Å²) in [6.07, 6.45) is -1.07. The molecule has 124 valence electrons. The van der Waals surface area contributed by atoms with Crippen LogP contribution in [0.3, 0.4) is 0 Å². The lowest BCUT2D eigenvalue weighted by molar-refractivity contribution is 0.152. The Hall–Kier alpha value is -2.05. The zero-order valence-corrected chi connectivity index (χ0v) is 13.2. The maximum absolute atomic E-state index is 11.2. The van der Waals surface area contributed by atoms with Gasteiger partial charge >= 0.3 is 7.75 Å². The lowest BCUT2D eigenvalue weighted by Gasteiger charge is -2.23. The van der Waals surface area contributed by atoms with Gasteiger partial charge in [-0.2, -0.15) is 0 Å². The van der Waals surface area contributed by atoms with Crippen molar-refractivity contribution in [1.29, 1.82) is 0 Å². The summed E-state index contributed by atoms with van der Waals surface area (Å²) in [5.41, 5.74) is 0.939. The summed E-state index contributed by atoms with van der Waals surface area (Å²) in [4.78, 5) is 18.1. The summed E-state index contributed by atoms with van der Waals surface area (Å²) < 4.78 is 11.2. The van der Waals surface area contributed by atoms with Gasteiger partial charge in [0.2, 0.25) is 0 Å². The van der Waals surface area contributed by atoms with E-state index in [2.05, 4.69) is 0 Å². The Balaban J connectivity index is 2.36. The predicted octanol–water partition coefficient (Wildman–Crippen LogP) is 2.44. The van der Waals surface area contributed by atoms with Crippen molar-refractivity contribution < 1.29 is 29.7 Å². The van der Waals surface area contributed by atoms with Crippen molar-refractivity contribution in [3.05, 3.63) is 53.6 Å². The van der Waals surface area contributed by atoms with E-state index in [1.807, 2.05) is 5.09 Å². The number of aliphatic hydroxyl groups is 1. The summed E-state index contributed by atoms with van der Waals surface area (Å²) in [6, 6.07) is 10.1. The van der Waals surface area contributed by atoms with E-state index in [4.69, 9.17) is 9.79 Å². The van der Waals surface area contributed by atoms with Gasteiger partial charge in [-0.15, -0.1) is 0 Å². The first-order valence-electron chi connectivity index (χ1n) is 6.81. The third-order valence-electron chi connectivity index (χ3n) is 3.51. The SMILES string of the molecule is CC(c1ccc(O)cc1)C(O)c1ccc(O)cc1NP(=O)(O)O. The number of phenols is 2. The molecule has 0 heterocycles. The van der Waals surface area contributed by atoms with Crippen LogP contribution in [0.25, 0.3) is 0 Å². The standard InChI is InChI=1S/C15H18NO6P/c1-9(10-2-4-11(17)5-3-10)15(19)13-7-6-12(18)8-14(13)16-23(20,21)22/h2-9,15,17-19H,1H3,(H3,16,20,21,22). The molecule has 0 aliphatic rings. The highest BCUT2D eigenvalue weighted by Gasteiger charge is 2.24. The van der Waals surface area contributed by atoms with E-state index in [-0.39, 0.29) is 22.7 Å². The van der Waals surface area contributed by atoms with E-state index < -0.39 is 19.8 Å². The quantitative estimate of drug-likeness (QED) is 0.461. The monoisotopic (exact) mass is 339 g/mol. The molecule has 0 amide bonds. The Kier molecular flexibility index (Phi) is 4.97. The molecule has 0 aliphatic carbocycles. The van der Waals surface area contributed by atoms with Gasteiger partial charge in [-0.3, -0.25) is 5.09 Å². The van der Waals surface area contributed by atoms with Gasteiger partial charge in [0.05, 0.1) is 11.8 Å². The van der Waals surface area contributed by atoms with Gasteiger partial charge in [-0.1, -0.05) is 25.1 Å². The van der Waals surface area contributed by atoms with Crippen LogP contribution in [0.1, 0.15) is 30.1 Å². The fourth-order valence-electron chi connectivity index (χ4n) is 2.29. The summed E-state index contributed by atoms with van der Waals surface area (Å²) in [6.45, 7) is 1.74. The molecule has 7 nitrogen and oxygen atoms in total. The maximum Gasteiger partial charge on any atom is 0.427 e. The van der Waals surface area contributed by atoms with Crippen LogP contribution in [0.2, 0.25) is 0 Å². The Morgan fingerprint density at radius 3 is 2.13 bits per heavy atom. The zero-order valence-electron chi connectivity index (χ0n) is 12.3.